The summed E-state index contributed by atoms with van der Waals surface area (Å²) in [7, 11) is -3.83. The van der Waals surface area contributed by atoms with Gasteiger partial charge in [0.1, 0.15) is 0 Å². The molecule has 2 N–H and O–H groups in total. The summed E-state index contributed by atoms with van der Waals surface area (Å²) in [6.07, 6.45) is 0.738. The van der Waals surface area contributed by atoms with Gasteiger partial charge in [0.15, 0.2) is 11.5 Å². The Hall–Kier alpha value is -1.80. The van der Waals surface area contributed by atoms with Crippen LogP contribution >= 0.6 is 0 Å². The zero-order valence-electron chi connectivity index (χ0n) is 13.5. The van der Waals surface area contributed by atoms with E-state index in [4.69, 9.17) is 9.47 Å². The molecule has 0 saturated heterocycles. The highest BCUT2D eigenvalue weighted by atomic mass is 32.2. The molecule has 1 aliphatic rings. The van der Waals surface area contributed by atoms with Crippen molar-refractivity contribution in [2.75, 3.05) is 13.2 Å². The SMILES string of the molecule is CC(C)NC(=O)[C@H](C)NS(=O)(=O)c1ccc2c(c1)OCCCO2. The molecule has 0 spiro atoms. The first-order chi connectivity index (χ1) is 10.8. The van der Waals surface area contributed by atoms with Crippen LogP contribution in [0.15, 0.2) is 23.1 Å². The number of rotatable bonds is 5. The van der Waals surface area contributed by atoms with Crippen LogP contribution in [0.1, 0.15) is 27.2 Å². The quantitative estimate of drug-likeness (QED) is 0.834. The molecule has 8 heteroatoms. The van der Waals surface area contributed by atoms with Gasteiger partial charge in [-0.05, 0) is 32.9 Å². The van der Waals surface area contributed by atoms with Crippen LogP contribution < -0.4 is 19.5 Å². The van der Waals surface area contributed by atoms with Gasteiger partial charge in [0.05, 0.1) is 24.2 Å². The highest BCUT2D eigenvalue weighted by Crippen LogP contribution is 2.31. The summed E-state index contributed by atoms with van der Waals surface area (Å²) in [6, 6.07) is 3.47. The van der Waals surface area contributed by atoms with Gasteiger partial charge in [-0.1, -0.05) is 0 Å². The number of ether oxygens (including phenoxy) is 2. The third-order valence-electron chi connectivity index (χ3n) is 3.19. The molecule has 1 aromatic rings. The second-order valence-electron chi connectivity index (χ2n) is 5.67. The Labute approximate surface area is 136 Å². The van der Waals surface area contributed by atoms with Crippen LogP contribution in [-0.4, -0.2) is 39.6 Å². The van der Waals surface area contributed by atoms with E-state index in [1.807, 2.05) is 13.8 Å². The number of hydrogen-bond acceptors (Lipinski definition) is 5. The van der Waals surface area contributed by atoms with E-state index in [9.17, 15) is 13.2 Å². The zero-order valence-corrected chi connectivity index (χ0v) is 14.3. The molecule has 1 atom stereocenters. The topological polar surface area (TPSA) is 93.7 Å². The highest BCUT2D eigenvalue weighted by molar-refractivity contribution is 7.89. The Balaban J connectivity index is 2.16. The number of carbonyl (C=O) groups is 1. The van der Waals surface area contributed by atoms with Crippen molar-refractivity contribution in [2.24, 2.45) is 0 Å². The Morgan fingerprint density at radius 3 is 2.43 bits per heavy atom. The van der Waals surface area contributed by atoms with Crippen LogP contribution in [0.3, 0.4) is 0 Å². The largest absolute Gasteiger partial charge is 0.490 e. The normalized spacial score (nSPS) is 15.8. The van der Waals surface area contributed by atoms with Gasteiger partial charge < -0.3 is 14.8 Å². The molecule has 7 nitrogen and oxygen atoms in total. The lowest BCUT2D eigenvalue weighted by molar-refractivity contribution is -0.122. The molecule has 0 aromatic heterocycles. The lowest BCUT2D eigenvalue weighted by Crippen LogP contribution is -2.46. The summed E-state index contributed by atoms with van der Waals surface area (Å²) >= 11 is 0. The van der Waals surface area contributed by atoms with E-state index in [2.05, 4.69) is 10.0 Å². The predicted molar refractivity (Wildman–Crippen MR) is 85.1 cm³/mol. The number of hydrogen-bond donors (Lipinski definition) is 2. The third-order valence-corrected chi connectivity index (χ3v) is 4.72. The number of carbonyl (C=O) groups excluding carboxylic acids is 1. The summed E-state index contributed by atoms with van der Waals surface area (Å²) in [5.41, 5.74) is 0. The Bertz CT molecular complexity index is 672. The molecule has 1 aromatic carbocycles. The van der Waals surface area contributed by atoms with Gasteiger partial charge in [-0.2, -0.15) is 4.72 Å². The molecule has 0 bridgehead atoms. The maximum Gasteiger partial charge on any atom is 0.241 e. The molecule has 128 valence electrons. The molecule has 0 unspecified atom stereocenters. The maximum atomic E-state index is 12.4. The number of amides is 1. The van der Waals surface area contributed by atoms with Gasteiger partial charge in [0, 0.05) is 18.5 Å². The average Bonchev–Trinajstić information content (AvgIpc) is 2.70. The van der Waals surface area contributed by atoms with Crippen molar-refractivity contribution >= 4 is 15.9 Å². The van der Waals surface area contributed by atoms with E-state index in [0.29, 0.717) is 24.7 Å². The van der Waals surface area contributed by atoms with Crippen molar-refractivity contribution < 1.29 is 22.7 Å². The molecule has 23 heavy (non-hydrogen) atoms. The molecular weight excluding hydrogens is 320 g/mol. The van der Waals surface area contributed by atoms with Gasteiger partial charge in [-0.15, -0.1) is 0 Å². The number of benzene rings is 1. The van der Waals surface area contributed by atoms with Crippen molar-refractivity contribution in [1.29, 1.82) is 0 Å². The molecule has 0 radical (unpaired) electrons. The monoisotopic (exact) mass is 342 g/mol. The van der Waals surface area contributed by atoms with Crippen molar-refractivity contribution in [2.45, 2.75) is 44.2 Å². The second kappa shape index (κ2) is 7.18. The van der Waals surface area contributed by atoms with Crippen LogP contribution in [0, 0.1) is 0 Å². The van der Waals surface area contributed by atoms with Crippen LogP contribution in [0.4, 0.5) is 0 Å². The summed E-state index contributed by atoms with van der Waals surface area (Å²) < 4.78 is 38.2. The van der Waals surface area contributed by atoms with Gasteiger partial charge in [0.2, 0.25) is 15.9 Å². The maximum absolute atomic E-state index is 12.4. The first kappa shape index (κ1) is 17.6. The lowest BCUT2D eigenvalue weighted by Gasteiger charge is -2.16. The summed E-state index contributed by atoms with van der Waals surface area (Å²) in [5.74, 6) is 0.537. The fourth-order valence-corrected chi connectivity index (χ4v) is 3.29. The third kappa shape index (κ3) is 4.59. The summed E-state index contributed by atoms with van der Waals surface area (Å²) in [4.78, 5) is 11.9. The minimum atomic E-state index is -3.83. The van der Waals surface area contributed by atoms with E-state index in [1.165, 1.54) is 19.1 Å². The van der Waals surface area contributed by atoms with Crippen LogP contribution in [0.25, 0.3) is 0 Å². The molecule has 1 amide bonds. The Morgan fingerprint density at radius 1 is 1.13 bits per heavy atom. The van der Waals surface area contributed by atoms with E-state index >= 15 is 0 Å². The fraction of sp³-hybridized carbons (Fsp3) is 0.533. The average molecular weight is 342 g/mol. The molecule has 0 saturated carbocycles. The van der Waals surface area contributed by atoms with Crippen LogP contribution in [0.5, 0.6) is 11.5 Å². The smallest absolute Gasteiger partial charge is 0.241 e. The highest BCUT2D eigenvalue weighted by Gasteiger charge is 2.24. The van der Waals surface area contributed by atoms with Crippen molar-refractivity contribution in [3.8, 4) is 11.5 Å². The van der Waals surface area contributed by atoms with Crippen molar-refractivity contribution in [3.05, 3.63) is 18.2 Å². The first-order valence-corrected chi connectivity index (χ1v) is 9.00. The first-order valence-electron chi connectivity index (χ1n) is 7.52. The van der Waals surface area contributed by atoms with E-state index in [0.717, 1.165) is 6.42 Å². The molecule has 1 heterocycles. The van der Waals surface area contributed by atoms with Gasteiger partial charge >= 0.3 is 0 Å². The molecular formula is C15H22N2O5S. The number of sulfonamides is 1. The van der Waals surface area contributed by atoms with Gasteiger partial charge in [-0.3, -0.25) is 4.79 Å². The minimum Gasteiger partial charge on any atom is -0.490 e. The molecule has 1 aliphatic heterocycles. The fourth-order valence-electron chi connectivity index (χ4n) is 2.07. The predicted octanol–water partition coefficient (Wildman–Crippen LogP) is 1.04. The molecule has 0 aliphatic carbocycles. The Morgan fingerprint density at radius 2 is 1.78 bits per heavy atom. The van der Waals surface area contributed by atoms with Gasteiger partial charge in [-0.25, -0.2) is 8.42 Å². The number of nitrogens with one attached hydrogen (secondary N) is 2. The minimum absolute atomic E-state index is 0.0333. The second-order valence-corrected chi connectivity index (χ2v) is 7.38. The van der Waals surface area contributed by atoms with E-state index in [1.54, 1.807) is 6.07 Å². The van der Waals surface area contributed by atoms with Crippen molar-refractivity contribution in [1.82, 2.24) is 10.0 Å². The van der Waals surface area contributed by atoms with E-state index < -0.39 is 16.1 Å². The Kier molecular flexibility index (Phi) is 5.48. The van der Waals surface area contributed by atoms with Crippen LogP contribution in [-0.2, 0) is 14.8 Å². The van der Waals surface area contributed by atoms with Gasteiger partial charge in [0.25, 0.3) is 0 Å². The summed E-state index contributed by atoms with van der Waals surface area (Å²) in [6.45, 7) is 6.12. The zero-order chi connectivity index (χ0) is 17.0. The van der Waals surface area contributed by atoms with E-state index in [-0.39, 0.29) is 16.8 Å². The molecule has 2 rings (SSSR count). The molecule has 0 fully saturated rings. The van der Waals surface area contributed by atoms with Crippen molar-refractivity contribution in [3.63, 3.8) is 0 Å². The lowest BCUT2D eigenvalue weighted by atomic mass is 10.3. The standard InChI is InChI=1S/C15H22N2O5S/c1-10(2)16-15(18)11(3)17-23(19,20)12-5-6-13-14(9-12)22-8-4-7-21-13/h5-6,9-11,17H,4,7-8H2,1-3H3,(H,16,18)/t11-/m0/s1. The number of fused-ring (bicyclic) bond motifs is 1. The van der Waals surface area contributed by atoms with Crippen LogP contribution in [0.2, 0.25) is 0 Å². The summed E-state index contributed by atoms with van der Waals surface area (Å²) in [5, 5.41) is 2.66.